The molecule has 1 fully saturated rings. The van der Waals surface area contributed by atoms with Crippen LogP contribution in [0.2, 0.25) is 0 Å². The summed E-state index contributed by atoms with van der Waals surface area (Å²) < 4.78 is 14.8. The van der Waals surface area contributed by atoms with Crippen LogP contribution in [-0.4, -0.2) is 48.7 Å². The zero-order chi connectivity index (χ0) is 31.6. The number of carbonyl (C=O) groups is 2. The third-order valence-electron chi connectivity index (χ3n) is 7.55. The SMILES string of the molecule is Cn1cnnc1SCC1CC(c2ccc(CO)cc2)OC(c2ccc(-c3cccc(CNC(=O)CCCC(=O)NO)c3)cc2)O1. The summed E-state index contributed by atoms with van der Waals surface area (Å²) in [5.74, 6) is 0.0318. The van der Waals surface area contributed by atoms with Crippen molar-refractivity contribution in [2.45, 2.75) is 62.5 Å². The Bertz CT molecular complexity index is 1560. The normalized spacial score (nSPS) is 18.0. The molecule has 12 heteroatoms. The molecule has 3 atom stereocenters. The molecule has 1 aliphatic rings. The first-order valence-corrected chi connectivity index (χ1v) is 15.8. The largest absolute Gasteiger partial charge is 0.392 e. The average molecular weight is 632 g/mol. The highest BCUT2D eigenvalue weighted by atomic mass is 32.2. The summed E-state index contributed by atoms with van der Waals surface area (Å²) in [6.07, 6.45) is 2.17. The standard InChI is InChI=1S/C33H37N5O6S/c1-38-21-35-36-33(38)45-20-28-17-29(25-10-8-22(19-39)9-11-25)44-32(43-28)26-14-12-24(13-15-26)27-5-2-4-23(16-27)18-34-30(40)6-3-7-31(41)37-42/h2,4-5,8-16,21,28-29,32,39,42H,3,6-7,17-20H2,1H3,(H,34,40)(H,37,41). The lowest BCUT2D eigenvalue weighted by Gasteiger charge is -2.36. The number of aliphatic hydroxyl groups is 1. The molecule has 236 valence electrons. The maximum atomic E-state index is 12.2. The van der Waals surface area contributed by atoms with Crippen molar-refractivity contribution < 1.29 is 29.4 Å². The lowest BCUT2D eigenvalue weighted by Crippen LogP contribution is -2.31. The van der Waals surface area contributed by atoms with Gasteiger partial charge in [0.15, 0.2) is 11.4 Å². The number of carbonyl (C=O) groups excluding carboxylic acids is 2. The number of hydroxylamine groups is 1. The summed E-state index contributed by atoms with van der Waals surface area (Å²) in [6.45, 7) is 0.362. The first-order chi connectivity index (χ1) is 21.9. The van der Waals surface area contributed by atoms with Crippen molar-refractivity contribution >= 4 is 23.6 Å². The summed E-state index contributed by atoms with van der Waals surface area (Å²) in [5.41, 5.74) is 7.34. The Kier molecular flexibility index (Phi) is 11.3. The number of thioether (sulfide) groups is 1. The Morgan fingerprint density at radius 2 is 1.71 bits per heavy atom. The number of hydrogen-bond donors (Lipinski definition) is 4. The Labute approximate surface area is 265 Å². The van der Waals surface area contributed by atoms with Crippen LogP contribution in [0.1, 0.15) is 60.3 Å². The molecule has 2 amide bonds. The zero-order valence-corrected chi connectivity index (χ0v) is 25.8. The minimum atomic E-state index is -0.564. The first-order valence-electron chi connectivity index (χ1n) is 14.8. The fourth-order valence-corrected chi connectivity index (χ4v) is 5.95. The van der Waals surface area contributed by atoms with Gasteiger partial charge in [0.1, 0.15) is 6.33 Å². The van der Waals surface area contributed by atoms with Crippen LogP contribution in [0.5, 0.6) is 0 Å². The molecule has 2 heterocycles. The molecule has 3 unspecified atom stereocenters. The van der Waals surface area contributed by atoms with Gasteiger partial charge < -0.3 is 24.5 Å². The van der Waals surface area contributed by atoms with E-state index in [1.165, 1.54) is 0 Å². The predicted octanol–water partition coefficient (Wildman–Crippen LogP) is 4.60. The van der Waals surface area contributed by atoms with Crippen molar-refractivity contribution in [3.8, 4) is 11.1 Å². The molecule has 4 aromatic rings. The van der Waals surface area contributed by atoms with E-state index in [0.717, 1.165) is 38.5 Å². The minimum absolute atomic E-state index is 0.00814. The van der Waals surface area contributed by atoms with Gasteiger partial charge in [-0.15, -0.1) is 10.2 Å². The van der Waals surface area contributed by atoms with E-state index >= 15 is 0 Å². The fraction of sp³-hybridized carbons (Fsp3) is 0.333. The van der Waals surface area contributed by atoms with E-state index in [2.05, 4.69) is 15.5 Å². The molecule has 0 aliphatic carbocycles. The van der Waals surface area contributed by atoms with Crippen LogP contribution in [-0.2, 0) is 39.3 Å². The van der Waals surface area contributed by atoms with Crippen LogP contribution in [0.25, 0.3) is 11.1 Å². The monoisotopic (exact) mass is 631 g/mol. The number of hydrogen-bond acceptors (Lipinski definition) is 9. The smallest absolute Gasteiger partial charge is 0.243 e. The first kappa shape index (κ1) is 32.3. The molecule has 4 N–H and O–H groups in total. The molecule has 0 spiro atoms. The van der Waals surface area contributed by atoms with E-state index in [1.54, 1.807) is 23.6 Å². The van der Waals surface area contributed by atoms with Gasteiger partial charge in [0.2, 0.25) is 11.8 Å². The molecule has 1 aliphatic heterocycles. The van der Waals surface area contributed by atoms with Gasteiger partial charge in [-0.2, -0.15) is 0 Å². The number of benzene rings is 3. The third-order valence-corrected chi connectivity index (χ3v) is 8.71. The van der Waals surface area contributed by atoms with Crippen molar-refractivity contribution in [1.29, 1.82) is 0 Å². The van der Waals surface area contributed by atoms with Crippen molar-refractivity contribution in [3.05, 3.63) is 101 Å². The van der Waals surface area contributed by atoms with Crippen molar-refractivity contribution in [1.82, 2.24) is 25.6 Å². The zero-order valence-electron chi connectivity index (χ0n) is 25.0. The highest BCUT2D eigenvalue weighted by Gasteiger charge is 2.32. The Morgan fingerprint density at radius 3 is 2.42 bits per heavy atom. The third kappa shape index (κ3) is 8.99. The molecule has 3 aromatic carbocycles. The summed E-state index contributed by atoms with van der Waals surface area (Å²) in [7, 11) is 1.92. The lowest BCUT2D eigenvalue weighted by molar-refractivity contribution is -0.245. The van der Waals surface area contributed by atoms with E-state index in [9.17, 15) is 14.7 Å². The van der Waals surface area contributed by atoms with Gasteiger partial charge in [0.25, 0.3) is 0 Å². The second-order valence-electron chi connectivity index (χ2n) is 10.9. The van der Waals surface area contributed by atoms with Gasteiger partial charge in [-0.3, -0.25) is 14.8 Å². The number of rotatable bonds is 13. The average Bonchev–Trinajstić information content (AvgIpc) is 3.50. The van der Waals surface area contributed by atoms with Crippen LogP contribution in [0.3, 0.4) is 0 Å². The van der Waals surface area contributed by atoms with Crippen LogP contribution in [0.4, 0.5) is 0 Å². The molecular weight excluding hydrogens is 594 g/mol. The maximum absolute atomic E-state index is 12.2. The van der Waals surface area contributed by atoms with Crippen molar-refractivity contribution in [3.63, 3.8) is 0 Å². The number of amides is 2. The number of aromatic nitrogens is 3. The molecule has 45 heavy (non-hydrogen) atoms. The predicted molar refractivity (Wildman–Crippen MR) is 168 cm³/mol. The number of ether oxygens (including phenoxy) is 2. The molecule has 5 rings (SSSR count). The summed E-state index contributed by atoms with van der Waals surface area (Å²) in [4.78, 5) is 23.3. The number of aryl methyl sites for hydroxylation is 1. The van der Waals surface area contributed by atoms with Gasteiger partial charge in [-0.25, -0.2) is 5.48 Å². The number of nitrogens with zero attached hydrogens (tertiary/aromatic N) is 3. The lowest BCUT2D eigenvalue weighted by atomic mass is 9.99. The van der Waals surface area contributed by atoms with Gasteiger partial charge in [0, 0.05) is 44.2 Å². The van der Waals surface area contributed by atoms with Crippen LogP contribution < -0.4 is 10.8 Å². The molecular formula is C33H37N5O6S. The van der Waals surface area contributed by atoms with Gasteiger partial charge in [0.05, 0.1) is 18.8 Å². The maximum Gasteiger partial charge on any atom is 0.243 e. The molecule has 11 nitrogen and oxygen atoms in total. The van der Waals surface area contributed by atoms with E-state index in [4.69, 9.17) is 14.7 Å². The second-order valence-corrected chi connectivity index (χ2v) is 11.9. The molecule has 0 radical (unpaired) electrons. The van der Waals surface area contributed by atoms with Crippen LogP contribution in [0.15, 0.2) is 84.3 Å². The second kappa shape index (κ2) is 15.8. The Morgan fingerprint density at radius 1 is 0.956 bits per heavy atom. The fourth-order valence-electron chi connectivity index (χ4n) is 5.04. The molecule has 0 saturated carbocycles. The summed E-state index contributed by atoms with van der Waals surface area (Å²) >= 11 is 1.60. The van der Waals surface area contributed by atoms with Crippen LogP contribution >= 0.6 is 11.8 Å². The van der Waals surface area contributed by atoms with Gasteiger partial charge in [-0.05, 0) is 40.3 Å². The van der Waals surface area contributed by atoms with Crippen molar-refractivity contribution in [2.24, 2.45) is 7.05 Å². The molecule has 1 aromatic heterocycles. The minimum Gasteiger partial charge on any atom is -0.392 e. The number of aliphatic hydroxyl groups excluding tert-OH is 1. The van der Waals surface area contributed by atoms with Gasteiger partial charge in [-0.1, -0.05) is 78.5 Å². The quantitative estimate of drug-likeness (QED) is 0.0944. The Balaban J connectivity index is 1.24. The molecule has 0 bridgehead atoms. The summed E-state index contributed by atoms with van der Waals surface area (Å²) in [5, 5.41) is 29.9. The Hall–Kier alpha value is -4.07. The van der Waals surface area contributed by atoms with Crippen molar-refractivity contribution in [2.75, 3.05) is 5.75 Å². The van der Waals surface area contributed by atoms with Crippen LogP contribution in [0, 0.1) is 0 Å². The van der Waals surface area contributed by atoms with E-state index < -0.39 is 12.2 Å². The highest BCUT2D eigenvalue weighted by Crippen LogP contribution is 2.39. The van der Waals surface area contributed by atoms with E-state index in [-0.39, 0.29) is 37.6 Å². The number of nitrogens with one attached hydrogen (secondary N) is 2. The van der Waals surface area contributed by atoms with E-state index in [0.29, 0.717) is 25.1 Å². The summed E-state index contributed by atoms with van der Waals surface area (Å²) in [6, 6.07) is 23.9. The van der Waals surface area contributed by atoms with Gasteiger partial charge >= 0.3 is 0 Å². The molecule has 1 saturated heterocycles. The topological polar surface area (TPSA) is 148 Å². The van der Waals surface area contributed by atoms with E-state index in [1.807, 2.05) is 84.4 Å². The highest BCUT2D eigenvalue weighted by molar-refractivity contribution is 7.99.